The Balaban J connectivity index is 1.69. The van der Waals surface area contributed by atoms with Gasteiger partial charge in [-0.3, -0.25) is 0 Å². The van der Waals surface area contributed by atoms with Crippen molar-refractivity contribution >= 4 is 37.7 Å². The molecule has 1 atom stereocenters. The Morgan fingerprint density at radius 2 is 1.96 bits per heavy atom. The molecule has 1 aliphatic rings. The summed E-state index contributed by atoms with van der Waals surface area (Å²) in [5.41, 5.74) is 1.36. The highest BCUT2D eigenvalue weighted by atomic mass is 79.9. The van der Waals surface area contributed by atoms with Gasteiger partial charge in [0, 0.05) is 16.7 Å². The van der Waals surface area contributed by atoms with E-state index in [1.165, 1.54) is 18.2 Å². The summed E-state index contributed by atoms with van der Waals surface area (Å²) in [6.07, 6.45) is -0.210. The third-order valence-electron chi connectivity index (χ3n) is 4.01. The molecule has 1 fully saturated rings. The minimum Gasteiger partial charge on any atom is -0.370 e. The predicted molar refractivity (Wildman–Crippen MR) is 101 cm³/mol. The molecule has 2 aromatic carbocycles. The van der Waals surface area contributed by atoms with Crippen molar-refractivity contribution in [2.75, 3.05) is 25.0 Å². The molecule has 2 amide bonds. The summed E-state index contributed by atoms with van der Waals surface area (Å²) in [5.74, 6) is 0. The van der Waals surface area contributed by atoms with Crippen molar-refractivity contribution in [2.45, 2.75) is 11.0 Å². The second kappa shape index (κ2) is 7.75. The predicted octanol–water partition coefficient (Wildman–Crippen LogP) is 2.70. The number of carbonyl (C=O) groups excluding carboxylic acids is 1. The highest BCUT2D eigenvalue weighted by Crippen LogP contribution is 2.24. The maximum atomic E-state index is 12.5. The van der Waals surface area contributed by atoms with E-state index in [-0.39, 0.29) is 17.0 Å². The molecule has 0 aromatic heterocycles. The Morgan fingerprint density at radius 1 is 1.23 bits per heavy atom. The molecule has 9 heteroatoms. The second-order valence-electron chi connectivity index (χ2n) is 5.86. The minimum absolute atomic E-state index is 0.0509. The fraction of sp³-hybridized carbons (Fsp3) is 0.235. The van der Waals surface area contributed by atoms with Crippen LogP contribution >= 0.6 is 15.9 Å². The topological polar surface area (TPSA) is 102 Å². The summed E-state index contributed by atoms with van der Waals surface area (Å²) in [6.45, 7) is 1.28. The van der Waals surface area contributed by atoms with Crippen molar-refractivity contribution in [3.63, 3.8) is 0 Å². The van der Waals surface area contributed by atoms with E-state index in [9.17, 15) is 13.2 Å². The van der Waals surface area contributed by atoms with E-state index in [0.717, 1.165) is 10.0 Å². The van der Waals surface area contributed by atoms with E-state index in [4.69, 9.17) is 9.88 Å². The molecule has 1 unspecified atom stereocenters. The number of nitrogens with one attached hydrogen (secondary N) is 1. The molecule has 26 heavy (non-hydrogen) atoms. The first-order valence-electron chi connectivity index (χ1n) is 7.89. The number of benzene rings is 2. The second-order valence-corrected chi connectivity index (χ2v) is 8.34. The maximum absolute atomic E-state index is 12.5. The van der Waals surface area contributed by atoms with Crippen LogP contribution in [-0.4, -0.2) is 39.0 Å². The number of hydrogen-bond donors (Lipinski definition) is 2. The van der Waals surface area contributed by atoms with Crippen molar-refractivity contribution in [3.05, 3.63) is 58.6 Å². The van der Waals surface area contributed by atoms with Gasteiger partial charge in [-0.05, 0) is 35.9 Å². The van der Waals surface area contributed by atoms with Gasteiger partial charge in [-0.2, -0.15) is 0 Å². The van der Waals surface area contributed by atoms with Gasteiger partial charge < -0.3 is 15.0 Å². The molecular formula is C17H18BrN3O4S. The average Bonchev–Trinajstić information content (AvgIpc) is 2.62. The molecular weight excluding hydrogens is 422 g/mol. The van der Waals surface area contributed by atoms with Crippen LogP contribution in [-0.2, 0) is 14.8 Å². The van der Waals surface area contributed by atoms with Gasteiger partial charge in [0.25, 0.3) is 0 Å². The number of nitrogens with two attached hydrogens (primary N) is 1. The van der Waals surface area contributed by atoms with Crippen LogP contribution < -0.4 is 10.5 Å². The van der Waals surface area contributed by atoms with Crippen LogP contribution in [0.3, 0.4) is 0 Å². The van der Waals surface area contributed by atoms with Crippen LogP contribution in [0.25, 0.3) is 0 Å². The number of sulfonamides is 1. The molecule has 1 saturated heterocycles. The number of halogens is 1. The number of carbonyl (C=O) groups is 1. The van der Waals surface area contributed by atoms with Crippen LogP contribution in [0.1, 0.15) is 11.7 Å². The Kier molecular flexibility index (Phi) is 5.61. The molecule has 0 bridgehead atoms. The Bertz CT molecular complexity index is 902. The van der Waals surface area contributed by atoms with Crippen LogP contribution in [0.2, 0.25) is 0 Å². The summed E-state index contributed by atoms with van der Waals surface area (Å²) in [7, 11) is -3.82. The van der Waals surface area contributed by atoms with Gasteiger partial charge in [0.2, 0.25) is 10.0 Å². The van der Waals surface area contributed by atoms with Crippen LogP contribution in [0.5, 0.6) is 0 Å². The summed E-state index contributed by atoms with van der Waals surface area (Å²) in [4.78, 5) is 14.1. The quantitative estimate of drug-likeness (QED) is 0.766. The van der Waals surface area contributed by atoms with Crippen LogP contribution in [0, 0.1) is 0 Å². The third-order valence-corrected chi connectivity index (χ3v) is 5.45. The highest BCUT2D eigenvalue weighted by molar-refractivity contribution is 9.10. The summed E-state index contributed by atoms with van der Waals surface area (Å²) in [6, 6.07) is 13.3. The molecule has 1 heterocycles. The lowest BCUT2D eigenvalue weighted by Gasteiger charge is -2.33. The normalized spacial score (nSPS) is 17.8. The first-order valence-corrected chi connectivity index (χ1v) is 10.2. The molecule has 0 spiro atoms. The van der Waals surface area contributed by atoms with E-state index < -0.39 is 10.0 Å². The zero-order valence-electron chi connectivity index (χ0n) is 13.8. The van der Waals surface area contributed by atoms with E-state index >= 15 is 0 Å². The summed E-state index contributed by atoms with van der Waals surface area (Å²) < 4.78 is 29.6. The van der Waals surface area contributed by atoms with Gasteiger partial charge in [0.1, 0.15) is 6.10 Å². The van der Waals surface area contributed by atoms with Gasteiger partial charge in [-0.15, -0.1) is 0 Å². The van der Waals surface area contributed by atoms with E-state index in [0.29, 0.717) is 25.4 Å². The Hall–Kier alpha value is -1.94. The molecule has 3 rings (SSSR count). The zero-order chi connectivity index (χ0) is 18.7. The van der Waals surface area contributed by atoms with Crippen molar-refractivity contribution < 1.29 is 17.9 Å². The first-order chi connectivity index (χ1) is 12.3. The number of ether oxygens (including phenoxy) is 1. The van der Waals surface area contributed by atoms with Crippen molar-refractivity contribution in [2.24, 2.45) is 5.14 Å². The number of hydrogen-bond acceptors (Lipinski definition) is 4. The third kappa shape index (κ3) is 4.61. The fourth-order valence-electron chi connectivity index (χ4n) is 2.67. The van der Waals surface area contributed by atoms with Gasteiger partial charge in [-0.1, -0.05) is 34.1 Å². The van der Waals surface area contributed by atoms with Gasteiger partial charge in [0.15, 0.2) is 0 Å². The summed E-state index contributed by atoms with van der Waals surface area (Å²) >= 11 is 3.39. The molecule has 3 N–H and O–H groups in total. The van der Waals surface area contributed by atoms with Gasteiger partial charge >= 0.3 is 6.03 Å². The number of rotatable bonds is 3. The Morgan fingerprint density at radius 3 is 2.65 bits per heavy atom. The SMILES string of the molecule is NS(=O)(=O)c1cccc(NC(=O)N2CCOC(c3ccc(Br)cc3)C2)c1. The summed E-state index contributed by atoms with van der Waals surface area (Å²) in [5, 5.41) is 7.83. The number of anilines is 1. The first kappa shape index (κ1) is 18.8. The standard InChI is InChI=1S/C17H18BrN3O4S/c18-13-6-4-12(5-7-13)16-11-21(8-9-25-16)17(22)20-14-2-1-3-15(10-14)26(19,23)24/h1-7,10,16H,8-9,11H2,(H,20,22)(H2,19,23,24). The van der Waals surface area contributed by atoms with E-state index in [2.05, 4.69) is 21.2 Å². The molecule has 0 aliphatic carbocycles. The zero-order valence-corrected chi connectivity index (χ0v) is 16.2. The number of primary sulfonamides is 1. The average molecular weight is 440 g/mol. The van der Waals surface area contributed by atoms with Crippen LogP contribution in [0.15, 0.2) is 57.9 Å². The molecule has 0 radical (unpaired) electrons. The molecule has 0 saturated carbocycles. The lowest BCUT2D eigenvalue weighted by atomic mass is 10.1. The van der Waals surface area contributed by atoms with E-state index in [1.54, 1.807) is 11.0 Å². The van der Waals surface area contributed by atoms with Crippen LogP contribution in [0.4, 0.5) is 10.5 Å². The fourth-order valence-corrected chi connectivity index (χ4v) is 3.49. The molecule has 7 nitrogen and oxygen atoms in total. The molecule has 1 aliphatic heterocycles. The van der Waals surface area contributed by atoms with Crippen molar-refractivity contribution in [3.8, 4) is 0 Å². The monoisotopic (exact) mass is 439 g/mol. The molecule has 2 aromatic rings. The number of morpholine rings is 1. The van der Waals surface area contributed by atoms with Gasteiger partial charge in [-0.25, -0.2) is 18.4 Å². The number of nitrogens with zero attached hydrogens (tertiary/aromatic N) is 1. The van der Waals surface area contributed by atoms with Gasteiger partial charge in [0.05, 0.1) is 18.0 Å². The highest BCUT2D eigenvalue weighted by Gasteiger charge is 2.25. The lowest BCUT2D eigenvalue weighted by Crippen LogP contribution is -2.44. The molecule has 138 valence electrons. The number of amides is 2. The van der Waals surface area contributed by atoms with E-state index in [1.807, 2.05) is 24.3 Å². The van der Waals surface area contributed by atoms with Crippen molar-refractivity contribution in [1.29, 1.82) is 0 Å². The Labute approximate surface area is 160 Å². The lowest BCUT2D eigenvalue weighted by molar-refractivity contribution is -0.0135. The maximum Gasteiger partial charge on any atom is 0.322 e. The largest absolute Gasteiger partial charge is 0.370 e. The minimum atomic E-state index is -3.82. The smallest absolute Gasteiger partial charge is 0.322 e. The van der Waals surface area contributed by atoms with Crippen molar-refractivity contribution in [1.82, 2.24) is 4.90 Å². The number of urea groups is 1.